The van der Waals surface area contributed by atoms with E-state index in [9.17, 15) is 4.79 Å². The Bertz CT molecular complexity index is 526. The number of nitrogens with two attached hydrogens (primary N) is 1. The Balaban J connectivity index is 1.88. The Kier molecular flexibility index (Phi) is 3.81. The van der Waals surface area contributed by atoms with Gasteiger partial charge in [-0.25, -0.2) is 0 Å². The number of carbonyl (C=O) groups excluding carboxylic acids is 1. The minimum absolute atomic E-state index is 0.108. The molecule has 0 saturated carbocycles. The van der Waals surface area contributed by atoms with Crippen LogP contribution in [0.4, 0.5) is 5.69 Å². The van der Waals surface area contributed by atoms with Gasteiger partial charge in [0.15, 0.2) is 6.73 Å². The van der Waals surface area contributed by atoms with Crippen molar-refractivity contribution in [3.05, 3.63) is 60.2 Å². The SMILES string of the molecule is Nc1ccccc1C(=O)NCOc1ccccc1. The second-order valence-corrected chi connectivity index (χ2v) is 3.69. The molecule has 92 valence electrons. The Labute approximate surface area is 105 Å². The highest BCUT2D eigenvalue weighted by atomic mass is 16.5. The topological polar surface area (TPSA) is 64.4 Å². The largest absolute Gasteiger partial charge is 0.473 e. The van der Waals surface area contributed by atoms with Crippen LogP contribution in [0.1, 0.15) is 10.4 Å². The molecule has 0 saturated heterocycles. The van der Waals surface area contributed by atoms with Crippen LogP contribution in [0.2, 0.25) is 0 Å². The maximum atomic E-state index is 11.8. The third-order valence-corrected chi connectivity index (χ3v) is 2.42. The maximum absolute atomic E-state index is 11.8. The summed E-state index contributed by atoms with van der Waals surface area (Å²) in [5, 5.41) is 2.65. The van der Waals surface area contributed by atoms with Gasteiger partial charge in [-0.15, -0.1) is 0 Å². The van der Waals surface area contributed by atoms with E-state index in [-0.39, 0.29) is 12.6 Å². The lowest BCUT2D eigenvalue weighted by molar-refractivity contribution is 0.0920. The zero-order chi connectivity index (χ0) is 12.8. The fourth-order valence-electron chi connectivity index (χ4n) is 1.50. The number of nitrogen functional groups attached to an aromatic ring is 1. The van der Waals surface area contributed by atoms with Crippen molar-refractivity contribution in [3.8, 4) is 5.75 Å². The predicted octanol–water partition coefficient (Wildman–Crippen LogP) is 2.04. The van der Waals surface area contributed by atoms with E-state index in [0.29, 0.717) is 17.0 Å². The van der Waals surface area contributed by atoms with Gasteiger partial charge in [-0.3, -0.25) is 4.79 Å². The summed E-state index contributed by atoms with van der Waals surface area (Å²) in [7, 11) is 0. The smallest absolute Gasteiger partial charge is 0.255 e. The molecule has 1 amide bonds. The van der Waals surface area contributed by atoms with Gasteiger partial charge in [0.1, 0.15) is 5.75 Å². The summed E-state index contributed by atoms with van der Waals surface area (Å²) in [4.78, 5) is 11.8. The molecule has 0 aromatic heterocycles. The van der Waals surface area contributed by atoms with Crippen molar-refractivity contribution < 1.29 is 9.53 Å². The molecule has 0 bridgehead atoms. The first-order valence-electron chi connectivity index (χ1n) is 5.58. The number of para-hydroxylation sites is 2. The standard InChI is InChI=1S/C14H14N2O2/c15-13-9-5-4-8-12(13)14(17)16-10-18-11-6-2-1-3-7-11/h1-9H,10,15H2,(H,16,17). The lowest BCUT2D eigenvalue weighted by Gasteiger charge is -2.09. The van der Waals surface area contributed by atoms with E-state index in [4.69, 9.17) is 10.5 Å². The van der Waals surface area contributed by atoms with E-state index in [0.717, 1.165) is 0 Å². The number of amides is 1. The van der Waals surface area contributed by atoms with Gasteiger partial charge < -0.3 is 15.8 Å². The molecule has 4 heteroatoms. The van der Waals surface area contributed by atoms with Crippen LogP contribution in [0, 0.1) is 0 Å². The number of anilines is 1. The van der Waals surface area contributed by atoms with Crippen LogP contribution >= 0.6 is 0 Å². The van der Waals surface area contributed by atoms with E-state index in [1.807, 2.05) is 30.3 Å². The van der Waals surface area contributed by atoms with E-state index in [1.165, 1.54) is 0 Å². The molecular formula is C14H14N2O2. The van der Waals surface area contributed by atoms with E-state index in [1.54, 1.807) is 24.3 Å². The molecule has 0 fully saturated rings. The van der Waals surface area contributed by atoms with Crippen LogP contribution in [0.5, 0.6) is 5.75 Å². The number of hydrogen-bond acceptors (Lipinski definition) is 3. The van der Waals surface area contributed by atoms with Crippen molar-refractivity contribution >= 4 is 11.6 Å². The van der Waals surface area contributed by atoms with Gasteiger partial charge >= 0.3 is 0 Å². The van der Waals surface area contributed by atoms with Crippen molar-refractivity contribution in [1.29, 1.82) is 0 Å². The van der Waals surface area contributed by atoms with Crippen LogP contribution in [0.15, 0.2) is 54.6 Å². The molecule has 0 spiro atoms. The first-order chi connectivity index (χ1) is 8.77. The van der Waals surface area contributed by atoms with Gasteiger partial charge in [0.2, 0.25) is 0 Å². The number of nitrogens with one attached hydrogen (secondary N) is 1. The minimum Gasteiger partial charge on any atom is -0.473 e. The number of benzene rings is 2. The minimum atomic E-state index is -0.246. The molecule has 3 N–H and O–H groups in total. The molecule has 0 aliphatic rings. The Hall–Kier alpha value is -2.49. The highest BCUT2D eigenvalue weighted by Gasteiger charge is 2.07. The summed E-state index contributed by atoms with van der Waals surface area (Å²) in [6.07, 6.45) is 0. The molecule has 0 radical (unpaired) electrons. The van der Waals surface area contributed by atoms with Crippen molar-refractivity contribution in [2.24, 2.45) is 0 Å². The zero-order valence-corrected chi connectivity index (χ0v) is 9.80. The molecule has 0 aliphatic heterocycles. The van der Waals surface area contributed by atoms with Gasteiger partial charge in [0.25, 0.3) is 5.91 Å². The predicted molar refractivity (Wildman–Crippen MR) is 70.3 cm³/mol. The average Bonchev–Trinajstić information content (AvgIpc) is 2.40. The number of carbonyl (C=O) groups is 1. The van der Waals surface area contributed by atoms with E-state index >= 15 is 0 Å². The molecule has 2 rings (SSSR count). The molecule has 2 aromatic carbocycles. The molecule has 0 atom stereocenters. The molecular weight excluding hydrogens is 228 g/mol. The van der Waals surface area contributed by atoms with Gasteiger partial charge in [-0.05, 0) is 24.3 Å². The lowest BCUT2D eigenvalue weighted by atomic mass is 10.2. The van der Waals surface area contributed by atoms with Crippen molar-refractivity contribution in [1.82, 2.24) is 5.32 Å². The first kappa shape index (κ1) is 12.0. The van der Waals surface area contributed by atoms with Crippen LogP contribution in [-0.2, 0) is 0 Å². The summed E-state index contributed by atoms with van der Waals surface area (Å²) in [5.41, 5.74) is 6.61. The second-order valence-electron chi connectivity index (χ2n) is 3.69. The molecule has 0 aliphatic carbocycles. The van der Waals surface area contributed by atoms with Gasteiger partial charge in [-0.1, -0.05) is 30.3 Å². The molecule has 0 heterocycles. The Morgan fingerprint density at radius 1 is 1.06 bits per heavy atom. The van der Waals surface area contributed by atoms with Gasteiger partial charge in [0, 0.05) is 5.69 Å². The highest BCUT2D eigenvalue weighted by Crippen LogP contribution is 2.10. The summed E-state index contributed by atoms with van der Waals surface area (Å²) < 4.78 is 5.37. The quantitative estimate of drug-likeness (QED) is 0.637. The summed E-state index contributed by atoms with van der Waals surface area (Å²) in [6, 6.07) is 16.2. The second kappa shape index (κ2) is 5.72. The fraction of sp³-hybridized carbons (Fsp3) is 0.0714. The normalized spacial score (nSPS) is 9.78. The van der Waals surface area contributed by atoms with E-state index < -0.39 is 0 Å². The maximum Gasteiger partial charge on any atom is 0.255 e. The Morgan fingerprint density at radius 2 is 1.72 bits per heavy atom. The lowest BCUT2D eigenvalue weighted by Crippen LogP contribution is -2.28. The van der Waals surface area contributed by atoms with Crippen molar-refractivity contribution in [2.45, 2.75) is 0 Å². The number of ether oxygens (including phenoxy) is 1. The fourth-order valence-corrected chi connectivity index (χ4v) is 1.50. The monoisotopic (exact) mass is 242 g/mol. The number of hydrogen-bond donors (Lipinski definition) is 2. The van der Waals surface area contributed by atoms with Crippen molar-refractivity contribution in [3.63, 3.8) is 0 Å². The summed E-state index contributed by atoms with van der Waals surface area (Å²) in [6.45, 7) is 0.108. The van der Waals surface area contributed by atoms with Crippen molar-refractivity contribution in [2.75, 3.05) is 12.5 Å². The molecule has 0 unspecified atom stereocenters. The summed E-state index contributed by atoms with van der Waals surface area (Å²) >= 11 is 0. The van der Waals surface area contributed by atoms with Crippen LogP contribution < -0.4 is 15.8 Å². The number of rotatable bonds is 4. The Morgan fingerprint density at radius 3 is 2.44 bits per heavy atom. The van der Waals surface area contributed by atoms with Crippen LogP contribution in [0.25, 0.3) is 0 Å². The first-order valence-corrected chi connectivity index (χ1v) is 5.58. The average molecular weight is 242 g/mol. The third-order valence-electron chi connectivity index (χ3n) is 2.42. The zero-order valence-electron chi connectivity index (χ0n) is 9.80. The molecule has 4 nitrogen and oxygen atoms in total. The molecule has 2 aromatic rings. The van der Waals surface area contributed by atoms with Crippen LogP contribution in [-0.4, -0.2) is 12.6 Å². The van der Waals surface area contributed by atoms with Gasteiger partial charge in [-0.2, -0.15) is 0 Å². The highest BCUT2D eigenvalue weighted by molar-refractivity contribution is 5.98. The van der Waals surface area contributed by atoms with Gasteiger partial charge in [0.05, 0.1) is 5.56 Å². The van der Waals surface area contributed by atoms with Crippen LogP contribution in [0.3, 0.4) is 0 Å². The van der Waals surface area contributed by atoms with E-state index in [2.05, 4.69) is 5.32 Å². The molecule has 18 heavy (non-hydrogen) atoms. The summed E-state index contributed by atoms with van der Waals surface area (Å²) in [5.74, 6) is 0.461. The third kappa shape index (κ3) is 3.01.